The number of fused-ring (bicyclic) bond motifs is 2. The van der Waals surface area contributed by atoms with Crippen LogP contribution in [0.5, 0.6) is 5.75 Å². The van der Waals surface area contributed by atoms with Gasteiger partial charge < -0.3 is 19.4 Å². The minimum atomic E-state index is -0.423. The van der Waals surface area contributed by atoms with Gasteiger partial charge >= 0.3 is 0 Å². The van der Waals surface area contributed by atoms with Crippen LogP contribution in [0.15, 0.2) is 54.6 Å². The van der Waals surface area contributed by atoms with Gasteiger partial charge in [-0.2, -0.15) is 4.37 Å². The van der Waals surface area contributed by atoms with Crippen LogP contribution < -0.4 is 9.64 Å². The summed E-state index contributed by atoms with van der Waals surface area (Å²) in [6.45, 7) is 3.21. The number of benzene rings is 3. The fourth-order valence-electron chi connectivity index (χ4n) is 4.68. The summed E-state index contributed by atoms with van der Waals surface area (Å²) in [5.41, 5.74) is 1.38. The van der Waals surface area contributed by atoms with E-state index in [0.717, 1.165) is 28.1 Å². The van der Waals surface area contributed by atoms with Crippen molar-refractivity contribution >= 4 is 55.7 Å². The summed E-state index contributed by atoms with van der Waals surface area (Å²) >= 11 is 8.00. The number of methoxy groups -OCH3 is 1. The van der Waals surface area contributed by atoms with Crippen molar-refractivity contribution < 1.29 is 13.9 Å². The number of nitrogens with zero attached hydrogens (tertiary/aromatic N) is 4. The smallest absolute Gasteiger partial charge is 0.246 e. The molecular formula is C28H28ClFN4O2S. The van der Waals surface area contributed by atoms with Crippen molar-refractivity contribution in [3.63, 3.8) is 0 Å². The van der Waals surface area contributed by atoms with E-state index in [1.54, 1.807) is 13.2 Å². The monoisotopic (exact) mass is 538 g/mol. The van der Waals surface area contributed by atoms with Crippen molar-refractivity contribution in [3.05, 3.63) is 65.5 Å². The molecule has 192 valence electrons. The van der Waals surface area contributed by atoms with Gasteiger partial charge in [0.25, 0.3) is 0 Å². The highest BCUT2D eigenvalue weighted by Crippen LogP contribution is 2.43. The molecule has 1 aliphatic rings. The van der Waals surface area contributed by atoms with E-state index in [1.165, 1.54) is 11.5 Å². The summed E-state index contributed by atoms with van der Waals surface area (Å²) in [4.78, 5) is 18.5. The molecule has 0 spiro atoms. The zero-order valence-electron chi connectivity index (χ0n) is 21.0. The first-order chi connectivity index (χ1) is 17.9. The molecule has 0 radical (unpaired) electrons. The van der Waals surface area contributed by atoms with E-state index in [-0.39, 0.29) is 5.91 Å². The number of hydrogen-bond donors (Lipinski definition) is 0. The summed E-state index contributed by atoms with van der Waals surface area (Å²) in [6, 6.07) is 13.3. The Morgan fingerprint density at radius 2 is 1.95 bits per heavy atom. The number of hydrogen-bond acceptors (Lipinski definition) is 6. The van der Waals surface area contributed by atoms with Crippen molar-refractivity contribution in [2.24, 2.45) is 0 Å². The van der Waals surface area contributed by atoms with Gasteiger partial charge in [0.2, 0.25) is 5.91 Å². The number of carbonyl (C=O) groups is 1. The van der Waals surface area contributed by atoms with Crippen LogP contribution in [0.1, 0.15) is 0 Å². The standard InChI is InChI=1S/C28H28ClFN4O2S/c1-32(2)11-5-8-24(35)33-12-14-34(15-13-33)28-22-17-23(29)25(26(30)27(22)31-37-28)21-7-4-6-18-16-19(36-3)9-10-20(18)21/h4-10,16-17H,11-15H2,1-3H3/b8-5+. The van der Waals surface area contributed by atoms with Crippen LogP contribution in [0.4, 0.5) is 9.39 Å². The Labute approximate surface area is 224 Å². The van der Waals surface area contributed by atoms with E-state index in [4.69, 9.17) is 16.3 Å². The van der Waals surface area contributed by atoms with E-state index in [9.17, 15) is 4.79 Å². The molecule has 9 heteroatoms. The third-order valence-electron chi connectivity index (χ3n) is 6.61. The van der Waals surface area contributed by atoms with Gasteiger partial charge in [0, 0.05) is 49.7 Å². The second kappa shape index (κ2) is 10.7. The highest BCUT2D eigenvalue weighted by atomic mass is 35.5. The Bertz CT molecular complexity index is 1490. The zero-order valence-corrected chi connectivity index (χ0v) is 22.6. The number of halogens is 2. The summed E-state index contributed by atoms with van der Waals surface area (Å²) in [5, 5.41) is 3.74. The van der Waals surface area contributed by atoms with Gasteiger partial charge in [0.05, 0.1) is 12.1 Å². The number of aromatic nitrogens is 1. The topological polar surface area (TPSA) is 48.9 Å². The number of carbonyl (C=O) groups excluding carboxylic acids is 1. The van der Waals surface area contributed by atoms with Gasteiger partial charge in [-0.05, 0) is 60.2 Å². The fourth-order valence-corrected chi connectivity index (χ4v) is 5.88. The number of amides is 1. The number of piperazine rings is 1. The Hall–Kier alpha value is -3.20. The van der Waals surface area contributed by atoms with Crippen LogP contribution in [0.25, 0.3) is 32.8 Å². The molecule has 6 nitrogen and oxygen atoms in total. The Morgan fingerprint density at radius 1 is 1.16 bits per heavy atom. The maximum atomic E-state index is 16.0. The van der Waals surface area contributed by atoms with Gasteiger partial charge in [-0.1, -0.05) is 41.9 Å². The van der Waals surface area contributed by atoms with E-state index in [2.05, 4.69) is 9.27 Å². The average Bonchev–Trinajstić information content (AvgIpc) is 3.32. The van der Waals surface area contributed by atoms with E-state index in [0.29, 0.717) is 53.2 Å². The zero-order chi connectivity index (χ0) is 26.1. The lowest BCUT2D eigenvalue weighted by Crippen LogP contribution is -2.48. The lowest BCUT2D eigenvalue weighted by atomic mass is 9.96. The third kappa shape index (κ3) is 5.01. The van der Waals surface area contributed by atoms with Crippen LogP contribution >= 0.6 is 23.1 Å². The fraction of sp³-hybridized carbons (Fsp3) is 0.286. The van der Waals surface area contributed by atoms with Crippen LogP contribution in [0.2, 0.25) is 5.02 Å². The molecule has 37 heavy (non-hydrogen) atoms. The molecule has 0 bridgehead atoms. The lowest BCUT2D eigenvalue weighted by Gasteiger charge is -2.34. The summed E-state index contributed by atoms with van der Waals surface area (Å²) in [5.74, 6) is 0.331. The molecule has 0 atom stereocenters. The molecule has 0 N–H and O–H groups in total. The van der Waals surface area contributed by atoms with Crippen LogP contribution in [-0.4, -0.2) is 74.0 Å². The quantitative estimate of drug-likeness (QED) is 0.295. The first-order valence-corrected chi connectivity index (χ1v) is 13.2. The van der Waals surface area contributed by atoms with Crippen molar-refractivity contribution in [1.82, 2.24) is 14.2 Å². The third-order valence-corrected chi connectivity index (χ3v) is 7.84. The molecule has 0 aliphatic carbocycles. The van der Waals surface area contributed by atoms with Gasteiger partial charge in [0.1, 0.15) is 16.3 Å². The number of ether oxygens (including phenoxy) is 1. The minimum absolute atomic E-state index is 0.0158. The highest BCUT2D eigenvalue weighted by molar-refractivity contribution is 7.11. The number of rotatable bonds is 6. The first kappa shape index (κ1) is 25.4. The van der Waals surface area contributed by atoms with E-state index < -0.39 is 5.82 Å². The van der Waals surface area contributed by atoms with Gasteiger partial charge in [-0.25, -0.2) is 4.39 Å². The molecule has 0 unspecified atom stereocenters. The maximum Gasteiger partial charge on any atom is 0.246 e. The number of anilines is 1. The van der Waals surface area contributed by atoms with Crippen LogP contribution in [0, 0.1) is 5.82 Å². The highest BCUT2D eigenvalue weighted by Gasteiger charge is 2.26. The maximum absolute atomic E-state index is 16.0. The molecule has 0 saturated carbocycles. The van der Waals surface area contributed by atoms with Crippen LogP contribution in [-0.2, 0) is 4.79 Å². The predicted octanol–water partition coefficient (Wildman–Crippen LogP) is 5.68. The second-order valence-corrected chi connectivity index (χ2v) is 10.5. The molecule has 1 saturated heterocycles. The molecule has 1 aromatic heterocycles. The molecular weight excluding hydrogens is 511 g/mol. The SMILES string of the molecule is COc1ccc2c(-c3c(Cl)cc4c(N5CCN(C(=O)/C=C/CN(C)C)CC5)snc4c3F)cccc2c1. The molecule has 1 aliphatic heterocycles. The molecule has 3 aromatic carbocycles. The van der Waals surface area contributed by atoms with Gasteiger partial charge in [-0.3, -0.25) is 4.79 Å². The molecule has 1 fully saturated rings. The Morgan fingerprint density at radius 3 is 2.68 bits per heavy atom. The summed E-state index contributed by atoms with van der Waals surface area (Å²) in [6.07, 6.45) is 3.51. The van der Waals surface area contributed by atoms with E-state index >= 15 is 4.39 Å². The van der Waals surface area contributed by atoms with Crippen molar-refractivity contribution in [2.75, 3.05) is 58.8 Å². The van der Waals surface area contributed by atoms with Crippen molar-refractivity contribution in [2.45, 2.75) is 0 Å². The molecule has 1 amide bonds. The normalized spacial score (nSPS) is 14.4. The first-order valence-electron chi connectivity index (χ1n) is 12.1. The predicted molar refractivity (Wildman–Crippen MR) is 151 cm³/mol. The second-order valence-electron chi connectivity index (χ2n) is 9.30. The van der Waals surface area contributed by atoms with Gasteiger partial charge in [-0.15, -0.1) is 0 Å². The molecule has 4 aromatic rings. The lowest BCUT2D eigenvalue weighted by molar-refractivity contribution is -0.126. The Balaban J connectivity index is 1.42. The molecule has 2 heterocycles. The molecule has 5 rings (SSSR count). The summed E-state index contributed by atoms with van der Waals surface area (Å²) in [7, 11) is 5.55. The minimum Gasteiger partial charge on any atom is -0.497 e. The Kier molecular flexibility index (Phi) is 7.33. The average molecular weight is 539 g/mol. The summed E-state index contributed by atoms with van der Waals surface area (Å²) < 4.78 is 25.8. The number of likely N-dealkylation sites (N-methyl/N-ethyl adjacent to an activating group) is 1. The van der Waals surface area contributed by atoms with Crippen molar-refractivity contribution in [1.29, 1.82) is 0 Å². The van der Waals surface area contributed by atoms with E-state index in [1.807, 2.05) is 72.4 Å². The van der Waals surface area contributed by atoms with Gasteiger partial charge in [0.15, 0.2) is 5.82 Å². The van der Waals surface area contributed by atoms with Crippen LogP contribution in [0.3, 0.4) is 0 Å². The largest absolute Gasteiger partial charge is 0.497 e. The van der Waals surface area contributed by atoms with Crippen molar-refractivity contribution in [3.8, 4) is 16.9 Å².